The highest BCUT2D eigenvalue weighted by atomic mass is 79.9. The Bertz CT molecular complexity index is 1240. The number of aryl methyl sites for hydroxylation is 3. The number of carbonyl (C=O) groups is 3. The van der Waals surface area contributed by atoms with Crippen molar-refractivity contribution in [3.8, 4) is 0 Å². The van der Waals surface area contributed by atoms with Crippen LogP contribution >= 0.6 is 15.9 Å². The van der Waals surface area contributed by atoms with Gasteiger partial charge in [-0.3, -0.25) is 24.2 Å². The number of likely N-dealkylation sites (tertiary alicyclic amines) is 1. The molecule has 4 aliphatic carbocycles. The molecule has 0 spiro atoms. The number of halogens is 1. The third-order valence-electron chi connectivity index (χ3n) is 8.84. The van der Waals surface area contributed by atoms with Crippen LogP contribution in [0.3, 0.4) is 0 Å². The van der Waals surface area contributed by atoms with Gasteiger partial charge in [-0.1, -0.05) is 59.6 Å². The van der Waals surface area contributed by atoms with E-state index in [0.717, 1.165) is 46.1 Å². The maximum absolute atomic E-state index is 14.0. The first-order valence-electron chi connectivity index (χ1n) is 13.1. The number of benzene rings is 2. The lowest BCUT2D eigenvalue weighted by atomic mass is 9.63. The van der Waals surface area contributed by atoms with Crippen LogP contribution in [0.25, 0.3) is 0 Å². The predicted molar refractivity (Wildman–Crippen MR) is 142 cm³/mol. The highest BCUT2D eigenvalue weighted by Crippen LogP contribution is 2.65. The van der Waals surface area contributed by atoms with Crippen molar-refractivity contribution in [1.82, 2.24) is 4.90 Å². The molecular weight excluding hydrogens is 516 g/mol. The molecule has 6 atom stereocenters. The van der Waals surface area contributed by atoms with Crippen LogP contribution in [-0.4, -0.2) is 29.3 Å². The maximum Gasteiger partial charge on any atom is 0.259 e. The normalized spacial score (nSPS) is 29.4. The topological polar surface area (TPSA) is 57.7 Å². The van der Waals surface area contributed by atoms with Gasteiger partial charge in [-0.05, 0) is 85.3 Å². The van der Waals surface area contributed by atoms with Gasteiger partial charge in [0.05, 0.1) is 17.5 Å². The largest absolute Gasteiger partial charge is 0.289 e. The van der Waals surface area contributed by atoms with Crippen molar-refractivity contribution in [2.75, 3.05) is 11.6 Å². The van der Waals surface area contributed by atoms with E-state index >= 15 is 0 Å². The molecule has 1 heterocycles. The van der Waals surface area contributed by atoms with Crippen LogP contribution in [0.15, 0.2) is 53.0 Å². The molecule has 0 N–H and O–H groups in total. The van der Waals surface area contributed by atoms with Crippen molar-refractivity contribution >= 4 is 39.3 Å². The van der Waals surface area contributed by atoms with Gasteiger partial charge in [-0.2, -0.15) is 0 Å². The molecular formula is C30H31BrN2O3. The Hall–Kier alpha value is -2.73. The zero-order valence-electron chi connectivity index (χ0n) is 20.9. The lowest BCUT2D eigenvalue weighted by molar-refractivity contribution is -0.140. The van der Waals surface area contributed by atoms with Gasteiger partial charge in [0.15, 0.2) is 0 Å². The number of anilines is 1. The summed E-state index contributed by atoms with van der Waals surface area (Å²) in [6.45, 7) is 6.07. The number of hydrogen-bond donors (Lipinski definition) is 0. The van der Waals surface area contributed by atoms with Gasteiger partial charge < -0.3 is 0 Å². The summed E-state index contributed by atoms with van der Waals surface area (Å²) >= 11 is 3.62. The van der Waals surface area contributed by atoms with Crippen molar-refractivity contribution in [1.29, 1.82) is 0 Å². The number of allylic oxidation sites excluding steroid dienone is 2. The van der Waals surface area contributed by atoms with Crippen molar-refractivity contribution < 1.29 is 14.4 Å². The van der Waals surface area contributed by atoms with E-state index < -0.39 is 0 Å². The smallest absolute Gasteiger partial charge is 0.259 e. The van der Waals surface area contributed by atoms with E-state index in [1.54, 1.807) is 4.90 Å². The fourth-order valence-corrected chi connectivity index (χ4v) is 7.54. The Morgan fingerprint density at radius 1 is 0.944 bits per heavy atom. The Morgan fingerprint density at radius 3 is 1.97 bits per heavy atom. The number of amides is 3. The minimum absolute atomic E-state index is 0.0478. The molecule has 3 amide bonds. The summed E-state index contributed by atoms with van der Waals surface area (Å²) in [6.07, 6.45) is 6.95. The minimum atomic E-state index is -0.270. The van der Waals surface area contributed by atoms with Crippen molar-refractivity contribution in [2.45, 2.75) is 40.0 Å². The molecule has 7 rings (SSSR count). The van der Waals surface area contributed by atoms with E-state index in [-0.39, 0.29) is 48.1 Å². The summed E-state index contributed by atoms with van der Waals surface area (Å²) < 4.78 is 0.962. The van der Waals surface area contributed by atoms with Crippen molar-refractivity contribution in [2.24, 2.45) is 35.5 Å². The van der Waals surface area contributed by atoms with E-state index in [0.29, 0.717) is 17.4 Å². The molecule has 5 nitrogen and oxygen atoms in total. The van der Waals surface area contributed by atoms with Crippen molar-refractivity contribution in [3.05, 3.63) is 75.3 Å². The summed E-state index contributed by atoms with van der Waals surface area (Å²) in [5.41, 5.74) is 4.46. The summed E-state index contributed by atoms with van der Waals surface area (Å²) in [6, 6.07) is 11.6. The minimum Gasteiger partial charge on any atom is -0.289 e. The second kappa shape index (κ2) is 8.69. The van der Waals surface area contributed by atoms with E-state index in [1.165, 1.54) is 4.90 Å². The van der Waals surface area contributed by atoms with Gasteiger partial charge in [0.25, 0.3) is 5.91 Å². The van der Waals surface area contributed by atoms with Gasteiger partial charge in [-0.25, -0.2) is 0 Å². The van der Waals surface area contributed by atoms with Gasteiger partial charge in [0, 0.05) is 10.0 Å². The zero-order chi connectivity index (χ0) is 25.3. The van der Waals surface area contributed by atoms with E-state index in [4.69, 9.17) is 0 Å². The Kier molecular flexibility index (Phi) is 5.71. The second-order valence-corrected chi connectivity index (χ2v) is 11.7. The molecule has 3 fully saturated rings. The highest BCUT2D eigenvalue weighted by molar-refractivity contribution is 9.10. The molecule has 2 aromatic carbocycles. The molecule has 186 valence electrons. The average molecular weight is 547 g/mol. The first-order valence-corrected chi connectivity index (χ1v) is 13.9. The summed E-state index contributed by atoms with van der Waals surface area (Å²) in [4.78, 5) is 44.6. The third-order valence-corrected chi connectivity index (χ3v) is 9.30. The molecule has 2 aromatic rings. The van der Waals surface area contributed by atoms with E-state index in [1.807, 2.05) is 43.3 Å². The van der Waals surface area contributed by atoms with Gasteiger partial charge in [0.1, 0.15) is 6.67 Å². The number of nitrogens with zero attached hydrogens (tertiary/aromatic N) is 2. The first kappa shape index (κ1) is 23.7. The molecule has 0 radical (unpaired) electrons. The average Bonchev–Trinajstić information content (AvgIpc) is 3.67. The number of imide groups is 1. The molecule has 2 bridgehead atoms. The standard InChI is InChI=1S/C30H31BrN2O3/c1-4-17-12-20(31)13-18(5-2)27(17)32(28(34)19-8-6-16(3)7-9-19)15-33-29(35)25-21-10-11-22(24-14-23(21)24)26(25)30(33)36/h6-13,21-26H,4-5,14-15H2,1-3H3. The molecule has 1 aliphatic heterocycles. The van der Waals surface area contributed by atoms with Gasteiger partial charge in [-0.15, -0.1) is 0 Å². The van der Waals surface area contributed by atoms with Crippen LogP contribution in [0, 0.1) is 42.4 Å². The zero-order valence-corrected chi connectivity index (χ0v) is 22.5. The number of rotatable bonds is 6. The first-order chi connectivity index (χ1) is 17.3. The lowest BCUT2D eigenvalue weighted by Crippen LogP contribution is -2.46. The molecule has 5 aliphatic rings. The maximum atomic E-state index is 14.0. The number of hydrogen-bond acceptors (Lipinski definition) is 3. The predicted octanol–water partition coefficient (Wildman–Crippen LogP) is 5.54. The fraction of sp³-hybridized carbons (Fsp3) is 0.433. The molecule has 0 aromatic heterocycles. The molecule has 36 heavy (non-hydrogen) atoms. The van der Waals surface area contributed by atoms with Gasteiger partial charge >= 0.3 is 0 Å². The SMILES string of the molecule is CCc1cc(Br)cc(CC)c1N(CN1C(=O)C2C3C=CC(C4CC34)C2C1=O)C(=O)c1ccc(C)cc1. The molecule has 6 unspecified atom stereocenters. The van der Waals surface area contributed by atoms with Gasteiger partial charge in [0.2, 0.25) is 11.8 Å². The quantitative estimate of drug-likeness (QED) is 0.353. The van der Waals surface area contributed by atoms with Crippen LogP contribution in [0.5, 0.6) is 0 Å². The Morgan fingerprint density at radius 2 is 1.47 bits per heavy atom. The third kappa shape index (κ3) is 3.52. The summed E-state index contributed by atoms with van der Waals surface area (Å²) in [5.74, 6) is 0.481. The highest BCUT2D eigenvalue weighted by Gasteiger charge is 2.67. The molecule has 2 saturated carbocycles. The van der Waals surface area contributed by atoms with E-state index in [2.05, 4.69) is 41.9 Å². The van der Waals surface area contributed by atoms with Crippen LogP contribution in [0.4, 0.5) is 5.69 Å². The molecule has 1 saturated heterocycles. The Labute approximate surface area is 220 Å². The second-order valence-electron chi connectivity index (χ2n) is 10.8. The fourth-order valence-electron chi connectivity index (χ4n) is 6.99. The summed E-state index contributed by atoms with van der Waals surface area (Å²) in [7, 11) is 0. The summed E-state index contributed by atoms with van der Waals surface area (Å²) in [5, 5.41) is 0. The van der Waals surface area contributed by atoms with Crippen LogP contribution < -0.4 is 4.90 Å². The monoisotopic (exact) mass is 546 g/mol. The van der Waals surface area contributed by atoms with Crippen LogP contribution in [0.2, 0.25) is 0 Å². The molecule has 6 heteroatoms. The van der Waals surface area contributed by atoms with Crippen LogP contribution in [0.1, 0.15) is 47.3 Å². The number of carbonyl (C=O) groups excluding carboxylic acids is 3. The van der Waals surface area contributed by atoms with Crippen molar-refractivity contribution in [3.63, 3.8) is 0 Å². The lowest BCUT2D eigenvalue weighted by Gasteiger charge is -2.37. The van der Waals surface area contributed by atoms with Crippen LogP contribution in [-0.2, 0) is 22.4 Å². The Balaban J connectivity index is 1.41. The van der Waals surface area contributed by atoms with E-state index in [9.17, 15) is 14.4 Å².